The zero-order valence-corrected chi connectivity index (χ0v) is 10.2. The van der Waals surface area contributed by atoms with Crippen molar-refractivity contribution in [2.24, 2.45) is 0 Å². The van der Waals surface area contributed by atoms with Crippen molar-refractivity contribution in [3.63, 3.8) is 0 Å². The van der Waals surface area contributed by atoms with Crippen LogP contribution in [0.3, 0.4) is 0 Å². The third-order valence-electron chi connectivity index (χ3n) is 1.93. The molecule has 0 aliphatic carbocycles. The number of nitro groups is 1. The molecule has 0 atom stereocenters. The second-order valence-corrected chi connectivity index (χ2v) is 3.92. The molecule has 1 aromatic heterocycles. The van der Waals surface area contributed by atoms with Gasteiger partial charge in [0.1, 0.15) is 11.9 Å². The average Bonchev–Trinajstić information content (AvgIpc) is 2.32. The van der Waals surface area contributed by atoms with Crippen molar-refractivity contribution < 1.29 is 9.66 Å². The van der Waals surface area contributed by atoms with Crippen LogP contribution in [-0.4, -0.2) is 14.9 Å². The summed E-state index contributed by atoms with van der Waals surface area (Å²) < 4.78 is 5.27. The summed E-state index contributed by atoms with van der Waals surface area (Å²) in [5.74, 6) is 0.139. The molecular weight excluding hydrogens is 281 g/mol. The van der Waals surface area contributed by atoms with Crippen molar-refractivity contribution in [1.82, 2.24) is 9.97 Å². The topological polar surface area (TPSA) is 78.2 Å². The monoisotopic (exact) mass is 285 g/mol. The molecule has 0 saturated carbocycles. The van der Waals surface area contributed by atoms with Crippen LogP contribution < -0.4 is 4.74 Å². The van der Waals surface area contributed by atoms with Crippen molar-refractivity contribution >= 4 is 28.9 Å². The van der Waals surface area contributed by atoms with Crippen molar-refractivity contribution in [3.8, 4) is 11.6 Å². The standard InChI is InChI=1S/C10H5Cl2N3O3/c11-6-1-3-7(4-2-6)18-9-8(15(16)17)5-13-10(12)14-9/h1-5H. The molecule has 1 aromatic carbocycles. The molecule has 0 fully saturated rings. The predicted molar refractivity (Wildman–Crippen MR) is 65.2 cm³/mol. The van der Waals surface area contributed by atoms with E-state index in [1.807, 2.05) is 0 Å². The van der Waals surface area contributed by atoms with Gasteiger partial charge in [-0.05, 0) is 35.9 Å². The van der Waals surface area contributed by atoms with Crippen molar-refractivity contribution in [3.05, 3.63) is 50.9 Å². The Kier molecular flexibility index (Phi) is 3.59. The normalized spacial score (nSPS) is 10.1. The summed E-state index contributed by atoms with van der Waals surface area (Å²) in [5, 5.41) is 11.1. The number of rotatable bonds is 3. The van der Waals surface area contributed by atoms with Crippen LogP contribution in [0.25, 0.3) is 0 Å². The highest BCUT2D eigenvalue weighted by Crippen LogP contribution is 2.29. The summed E-state index contributed by atoms with van der Waals surface area (Å²) in [5.41, 5.74) is -0.366. The van der Waals surface area contributed by atoms with Crippen molar-refractivity contribution in [2.75, 3.05) is 0 Å². The third kappa shape index (κ3) is 2.85. The molecule has 0 N–H and O–H groups in total. The fourth-order valence-electron chi connectivity index (χ4n) is 1.15. The van der Waals surface area contributed by atoms with E-state index in [4.69, 9.17) is 27.9 Å². The highest BCUT2D eigenvalue weighted by atomic mass is 35.5. The Labute approximate surface area is 111 Å². The SMILES string of the molecule is O=[N+]([O-])c1cnc(Cl)nc1Oc1ccc(Cl)cc1. The molecule has 0 spiro atoms. The van der Waals surface area contributed by atoms with E-state index in [2.05, 4.69) is 9.97 Å². The zero-order chi connectivity index (χ0) is 13.1. The minimum atomic E-state index is -0.651. The Bertz CT molecular complexity index is 589. The second kappa shape index (κ2) is 5.16. The zero-order valence-electron chi connectivity index (χ0n) is 8.71. The van der Waals surface area contributed by atoms with Crippen LogP contribution in [0.2, 0.25) is 10.3 Å². The molecule has 92 valence electrons. The Hall–Kier alpha value is -1.92. The summed E-state index contributed by atoms with van der Waals surface area (Å²) in [6.07, 6.45) is 0.987. The number of nitrogens with zero attached hydrogens (tertiary/aromatic N) is 3. The Morgan fingerprint density at radius 1 is 1.22 bits per heavy atom. The summed E-state index contributed by atoms with van der Waals surface area (Å²) in [6.45, 7) is 0. The molecule has 0 unspecified atom stereocenters. The molecule has 0 saturated heterocycles. The lowest BCUT2D eigenvalue weighted by molar-refractivity contribution is -0.386. The van der Waals surface area contributed by atoms with Gasteiger partial charge in [-0.3, -0.25) is 10.1 Å². The van der Waals surface area contributed by atoms with Gasteiger partial charge in [-0.25, -0.2) is 4.98 Å². The third-order valence-corrected chi connectivity index (χ3v) is 2.37. The number of benzene rings is 1. The van der Waals surface area contributed by atoms with Crippen molar-refractivity contribution in [1.29, 1.82) is 0 Å². The first-order valence-electron chi connectivity index (χ1n) is 4.66. The van der Waals surface area contributed by atoms with Gasteiger partial charge in [0.2, 0.25) is 5.28 Å². The molecule has 0 bridgehead atoms. The number of aromatic nitrogens is 2. The van der Waals surface area contributed by atoms with E-state index in [9.17, 15) is 10.1 Å². The highest BCUT2D eigenvalue weighted by molar-refractivity contribution is 6.30. The smallest absolute Gasteiger partial charge is 0.349 e. The maximum Gasteiger partial charge on any atom is 0.349 e. The fourth-order valence-corrected chi connectivity index (χ4v) is 1.41. The van der Waals surface area contributed by atoms with E-state index in [0.29, 0.717) is 10.8 Å². The van der Waals surface area contributed by atoms with E-state index >= 15 is 0 Å². The fraction of sp³-hybridized carbons (Fsp3) is 0. The maximum atomic E-state index is 10.8. The van der Waals surface area contributed by atoms with Crippen LogP contribution in [-0.2, 0) is 0 Å². The van der Waals surface area contributed by atoms with Gasteiger partial charge in [-0.2, -0.15) is 4.98 Å². The molecule has 6 nitrogen and oxygen atoms in total. The van der Waals surface area contributed by atoms with Gasteiger partial charge in [-0.1, -0.05) is 11.6 Å². The first kappa shape index (κ1) is 12.5. The van der Waals surface area contributed by atoms with E-state index in [0.717, 1.165) is 6.20 Å². The summed E-state index contributed by atoms with van der Waals surface area (Å²) in [6, 6.07) is 6.29. The largest absolute Gasteiger partial charge is 0.434 e. The second-order valence-electron chi connectivity index (χ2n) is 3.14. The van der Waals surface area contributed by atoms with Crippen LogP contribution in [0.5, 0.6) is 11.6 Å². The Morgan fingerprint density at radius 2 is 1.89 bits per heavy atom. The first-order valence-corrected chi connectivity index (χ1v) is 5.42. The molecule has 0 amide bonds. The lowest BCUT2D eigenvalue weighted by Crippen LogP contribution is -1.97. The van der Waals surface area contributed by atoms with E-state index in [-0.39, 0.29) is 16.9 Å². The molecule has 0 aliphatic rings. The van der Waals surface area contributed by atoms with Crippen LogP contribution >= 0.6 is 23.2 Å². The van der Waals surface area contributed by atoms with Gasteiger partial charge in [0, 0.05) is 5.02 Å². The minimum Gasteiger partial charge on any atom is -0.434 e. The Balaban J connectivity index is 2.35. The van der Waals surface area contributed by atoms with Crippen LogP contribution in [0.1, 0.15) is 0 Å². The van der Waals surface area contributed by atoms with Crippen LogP contribution in [0.4, 0.5) is 5.69 Å². The molecule has 0 radical (unpaired) electrons. The van der Waals surface area contributed by atoms with Gasteiger partial charge in [0.15, 0.2) is 0 Å². The van der Waals surface area contributed by atoms with E-state index in [1.165, 1.54) is 0 Å². The Morgan fingerprint density at radius 3 is 2.50 bits per heavy atom. The average molecular weight is 286 g/mol. The first-order chi connectivity index (χ1) is 8.56. The maximum absolute atomic E-state index is 10.8. The molecule has 2 aromatic rings. The summed E-state index contributed by atoms with van der Waals surface area (Å²) >= 11 is 11.3. The quantitative estimate of drug-likeness (QED) is 0.490. The highest BCUT2D eigenvalue weighted by Gasteiger charge is 2.19. The van der Waals surface area contributed by atoms with Crippen LogP contribution in [0.15, 0.2) is 30.5 Å². The van der Waals surface area contributed by atoms with Gasteiger partial charge in [0.25, 0.3) is 0 Å². The molecule has 1 heterocycles. The lowest BCUT2D eigenvalue weighted by Gasteiger charge is -2.04. The predicted octanol–water partition coefficient (Wildman–Crippen LogP) is 3.48. The molecule has 2 rings (SSSR count). The lowest BCUT2D eigenvalue weighted by atomic mass is 10.3. The van der Waals surface area contributed by atoms with Gasteiger partial charge >= 0.3 is 11.6 Å². The number of halogens is 2. The molecule has 18 heavy (non-hydrogen) atoms. The molecule has 0 aliphatic heterocycles. The minimum absolute atomic E-state index is 0.135. The number of hydrogen-bond acceptors (Lipinski definition) is 5. The van der Waals surface area contributed by atoms with E-state index < -0.39 is 4.92 Å². The van der Waals surface area contributed by atoms with Gasteiger partial charge in [0.05, 0.1) is 4.92 Å². The van der Waals surface area contributed by atoms with Crippen LogP contribution in [0, 0.1) is 10.1 Å². The van der Waals surface area contributed by atoms with Crippen molar-refractivity contribution in [2.45, 2.75) is 0 Å². The number of hydrogen-bond donors (Lipinski definition) is 0. The van der Waals surface area contributed by atoms with E-state index in [1.54, 1.807) is 24.3 Å². The molecular formula is C10H5Cl2N3O3. The summed E-state index contributed by atoms with van der Waals surface area (Å²) in [7, 11) is 0. The summed E-state index contributed by atoms with van der Waals surface area (Å²) in [4.78, 5) is 17.3. The molecule has 8 heteroatoms. The van der Waals surface area contributed by atoms with Gasteiger partial charge < -0.3 is 4.74 Å². The number of ether oxygens (including phenoxy) is 1. The van der Waals surface area contributed by atoms with Gasteiger partial charge in [-0.15, -0.1) is 0 Å².